The molecule has 1 atom stereocenters. The summed E-state index contributed by atoms with van der Waals surface area (Å²) in [5.41, 5.74) is 2.77. The van der Waals surface area contributed by atoms with E-state index in [1.54, 1.807) is 7.11 Å². The average molecular weight is 582 g/mol. The molecule has 0 saturated heterocycles. The van der Waals surface area contributed by atoms with Crippen LogP contribution in [0, 0.1) is 0 Å². The largest absolute Gasteiger partial charge is 0.493 e. The van der Waals surface area contributed by atoms with Gasteiger partial charge in [0.2, 0.25) is 5.91 Å². The van der Waals surface area contributed by atoms with Gasteiger partial charge in [-0.1, -0.05) is 71.9 Å². The van der Waals surface area contributed by atoms with Crippen molar-refractivity contribution in [2.75, 3.05) is 18.2 Å². The van der Waals surface area contributed by atoms with Gasteiger partial charge in [-0.3, -0.25) is 9.36 Å². The van der Waals surface area contributed by atoms with Crippen molar-refractivity contribution in [1.29, 1.82) is 0 Å². The molecule has 4 rings (SSSR count). The molecule has 1 heterocycles. The van der Waals surface area contributed by atoms with Gasteiger partial charge in [-0.2, -0.15) is 0 Å². The number of carbonyl (C=O) groups excluding carboxylic acids is 1. The standard InChI is InChI=1S/C28H29BrN4O3S/c1-18(2)22-16-20(29)14-15-23(22)30-26(34)17-37-28-32-31-27(33(28)21-10-6-5-7-11-21)19(3)36-25-13-9-8-12-24(25)35-4/h5-16,18-19H,17H2,1-4H3,(H,30,34). The second kappa shape index (κ2) is 12.3. The molecule has 7 nitrogen and oxygen atoms in total. The Bertz CT molecular complexity index is 1360. The van der Waals surface area contributed by atoms with E-state index in [-0.39, 0.29) is 17.6 Å². The van der Waals surface area contributed by atoms with Crippen molar-refractivity contribution >= 4 is 39.3 Å². The highest BCUT2D eigenvalue weighted by Gasteiger charge is 2.22. The normalized spacial score (nSPS) is 11.8. The summed E-state index contributed by atoms with van der Waals surface area (Å²) in [7, 11) is 1.61. The Morgan fingerprint density at radius 3 is 2.41 bits per heavy atom. The van der Waals surface area contributed by atoms with E-state index in [1.165, 1.54) is 11.8 Å². The Balaban J connectivity index is 1.55. The van der Waals surface area contributed by atoms with Crippen LogP contribution in [0.15, 0.2) is 82.4 Å². The summed E-state index contributed by atoms with van der Waals surface area (Å²) in [4.78, 5) is 12.9. The summed E-state index contributed by atoms with van der Waals surface area (Å²) in [6.45, 7) is 6.12. The number of amides is 1. The van der Waals surface area contributed by atoms with Crippen LogP contribution in [-0.4, -0.2) is 33.5 Å². The van der Waals surface area contributed by atoms with Gasteiger partial charge < -0.3 is 14.8 Å². The Labute approximate surface area is 229 Å². The first-order valence-electron chi connectivity index (χ1n) is 11.9. The SMILES string of the molecule is COc1ccccc1OC(C)c1nnc(SCC(=O)Nc2ccc(Br)cc2C(C)C)n1-c1ccccc1. The van der Waals surface area contributed by atoms with Crippen molar-refractivity contribution in [2.24, 2.45) is 0 Å². The summed E-state index contributed by atoms with van der Waals surface area (Å²) in [6.07, 6.45) is -0.427. The highest BCUT2D eigenvalue weighted by molar-refractivity contribution is 9.10. The Morgan fingerprint density at radius 1 is 1.00 bits per heavy atom. The van der Waals surface area contributed by atoms with E-state index in [2.05, 4.69) is 45.3 Å². The number of rotatable bonds is 10. The molecule has 37 heavy (non-hydrogen) atoms. The summed E-state index contributed by atoms with van der Waals surface area (Å²) in [5, 5.41) is 12.5. The number of para-hydroxylation sites is 3. The first kappa shape index (κ1) is 26.8. The van der Waals surface area contributed by atoms with Crippen LogP contribution in [0.25, 0.3) is 5.69 Å². The molecular formula is C28H29BrN4O3S. The van der Waals surface area contributed by atoms with Crippen LogP contribution in [0.5, 0.6) is 11.5 Å². The molecular weight excluding hydrogens is 552 g/mol. The second-order valence-electron chi connectivity index (χ2n) is 8.65. The van der Waals surface area contributed by atoms with Crippen molar-refractivity contribution in [3.05, 3.63) is 88.7 Å². The Hall–Kier alpha value is -3.30. The molecule has 9 heteroatoms. The Morgan fingerprint density at radius 2 is 1.70 bits per heavy atom. The van der Waals surface area contributed by atoms with E-state index in [0.29, 0.717) is 22.5 Å². The minimum atomic E-state index is -0.427. The third-order valence-electron chi connectivity index (χ3n) is 5.65. The summed E-state index contributed by atoms with van der Waals surface area (Å²) < 4.78 is 14.5. The number of aromatic nitrogens is 3. The number of nitrogens with zero attached hydrogens (tertiary/aromatic N) is 3. The van der Waals surface area contributed by atoms with Crippen molar-refractivity contribution in [1.82, 2.24) is 14.8 Å². The molecule has 0 aliphatic rings. The van der Waals surface area contributed by atoms with E-state index >= 15 is 0 Å². The molecule has 0 saturated carbocycles. The van der Waals surface area contributed by atoms with Crippen LogP contribution in [0.3, 0.4) is 0 Å². The highest BCUT2D eigenvalue weighted by Crippen LogP contribution is 2.33. The van der Waals surface area contributed by atoms with Crippen molar-refractivity contribution in [3.8, 4) is 17.2 Å². The van der Waals surface area contributed by atoms with E-state index in [0.717, 1.165) is 21.4 Å². The Kier molecular flexibility index (Phi) is 8.89. The van der Waals surface area contributed by atoms with Crippen LogP contribution in [0.4, 0.5) is 5.69 Å². The van der Waals surface area contributed by atoms with Gasteiger partial charge in [0.05, 0.1) is 12.9 Å². The topological polar surface area (TPSA) is 78.3 Å². The third kappa shape index (κ3) is 6.53. The first-order chi connectivity index (χ1) is 17.9. The first-order valence-corrected chi connectivity index (χ1v) is 13.7. The van der Waals surface area contributed by atoms with Gasteiger partial charge in [0.25, 0.3) is 0 Å². The third-order valence-corrected chi connectivity index (χ3v) is 7.07. The molecule has 0 bridgehead atoms. The molecule has 3 aromatic carbocycles. The predicted octanol–water partition coefficient (Wildman–Crippen LogP) is 7.03. The number of benzene rings is 3. The molecule has 1 N–H and O–H groups in total. The van der Waals surface area contributed by atoms with Crippen molar-refractivity contribution in [3.63, 3.8) is 0 Å². The molecule has 0 spiro atoms. The molecule has 0 aliphatic heterocycles. The second-order valence-corrected chi connectivity index (χ2v) is 10.5. The molecule has 0 radical (unpaired) electrons. The van der Waals surface area contributed by atoms with Gasteiger partial charge in [-0.25, -0.2) is 0 Å². The van der Waals surface area contributed by atoms with Gasteiger partial charge in [0, 0.05) is 15.8 Å². The monoisotopic (exact) mass is 580 g/mol. The fraction of sp³-hybridized carbons (Fsp3) is 0.250. The van der Waals surface area contributed by atoms with Crippen LogP contribution in [0.2, 0.25) is 0 Å². The van der Waals surface area contributed by atoms with Crippen LogP contribution in [-0.2, 0) is 4.79 Å². The smallest absolute Gasteiger partial charge is 0.234 e. The van der Waals surface area contributed by atoms with E-state index < -0.39 is 6.10 Å². The molecule has 192 valence electrons. The molecule has 0 fully saturated rings. The van der Waals surface area contributed by atoms with Gasteiger partial charge in [-0.15, -0.1) is 10.2 Å². The molecule has 1 unspecified atom stereocenters. The lowest BCUT2D eigenvalue weighted by Crippen LogP contribution is -2.16. The number of hydrogen-bond acceptors (Lipinski definition) is 6. The minimum absolute atomic E-state index is 0.114. The minimum Gasteiger partial charge on any atom is -0.493 e. The average Bonchev–Trinajstić information content (AvgIpc) is 3.33. The zero-order valence-corrected chi connectivity index (χ0v) is 23.5. The molecule has 1 aromatic heterocycles. The zero-order chi connectivity index (χ0) is 26.4. The number of anilines is 1. The van der Waals surface area contributed by atoms with Crippen molar-refractivity contribution in [2.45, 2.75) is 37.9 Å². The lowest BCUT2D eigenvalue weighted by Gasteiger charge is -2.18. The molecule has 1 amide bonds. The quantitative estimate of drug-likeness (QED) is 0.203. The predicted molar refractivity (Wildman–Crippen MR) is 151 cm³/mol. The van der Waals surface area contributed by atoms with E-state index in [1.807, 2.05) is 84.3 Å². The maximum Gasteiger partial charge on any atom is 0.234 e. The number of thioether (sulfide) groups is 1. The van der Waals surface area contributed by atoms with Crippen LogP contribution in [0.1, 0.15) is 44.2 Å². The van der Waals surface area contributed by atoms with E-state index in [4.69, 9.17) is 9.47 Å². The number of methoxy groups -OCH3 is 1. The van der Waals surface area contributed by atoms with Crippen LogP contribution >= 0.6 is 27.7 Å². The number of hydrogen-bond donors (Lipinski definition) is 1. The molecule has 0 aliphatic carbocycles. The summed E-state index contributed by atoms with van der Waals surface area (Å²) in [6, 6.07) is 23.2. The number of carbonyl (C=O) groups is 1. The lowest BCUT2D eigenvalue weighted by molar-refractivity contribution is -0.113. The van der Waals surface area contributed by atoms with Gasteiger partial charge in [0.15, 0.2) is 28.6 Å². The van der Waals surface area contributed by atoms with Gasteiger partial charge >= 0.3 is 0 Å². The van der Waals surface area contributed by atoms with E-state index in [9.17, 15) is 4.79 Å². The molecule has 4 aromatic rings. The zero-order valence-electron chi connectivity index (χ0n) is 21.1. The van der Waals surface area contributed by atoms with Gasteiger partial charge in [-0.05, 0) is 60.9 Å². The van der Waals surface area contributed by atoms with Crippen LogP contribution < -0.4 is 14.8 Å². The number of halogens is 1. The number of ether oxygens (including phenoxy) is 2. The maximum absolute atomic E-state index is 12.9. The lowest BCUT2D eigenvalue weighted by atomic mass is 10.0. The fourth-order valence-corrected chi connectivity index (χ4v) is 5.00. The van der Waals surface area contributed by atoms with Crippen molar-refractivity contribution < 1.29 is 14.3 Å². The summed E-state index contributed by atoms with van der Waals surface area (Å²) >= 11 is 4.84. The summed E-state index contributed by atoms with van der Waals surface area (Å²) in [5.74, 6) is 2.21. The fourth-order valence-electron chi connectivity index (χ4n) is 3.86. The maximum atomic E-state index is 12.9. The van der Waals surface area contributed by atoms with Gasteiger partial charge in [0.1, 0.15) is 0 Å². The highest BCUT2D eigenvalue weighted by atomic mass is 79.9. The number of nitrogens with one attached hydrogen (secondary N) is 1.